The SMILES string of the molecule is CCCCC(C)=CCCNCC. The second kappa shape index (κ2) is 8.79. The van der Waals surface area contributed by atoms with E-state index in [9.17, 15) is 0 Å². The van der Waals surface area contributed by atoms with Crippen molar-refractivity contribution in [1.82, 2.24) is 5.32 Å². The van der Waals surface area contributed by atoms with E-state index < -0.39 is 0 Å². The van der Waals surface area contributed by atoms with Gasteiger partial charge in [-0.1, -0.05) is 31.9 Å². The van der Waals surface area contributed by atoms with Gasteiger partial charge >= 0.3 is 0 Å². The van der Waals surface area contributed by atoms with Gasteiger partial charge in [-0.25, -0.2) is 0 Å². The smallest absolute Gasteiger partial charge is 0.00143 e. The van der Waals surface area contributed by atoms with Crippen LogP contribution in [0.3, 0.4) is 0 Å². The standard InChI is InChI=1S/C11H23N/c1-4-6-8-11(3)9-7-10-12-5-2/h9,12H,4-8,10H2,1-3H3. The summed E-state index contributed by atoms with van der Waals surface area (Å²) in [5, 5.41) is 3.32. The molecule has 0 aliphatic carbocycles. The molecule has 0 bridgehead atoms. The summed E-state index contributed by atoms with van der Waals surface area (Å²) in [6.45, 7) is 8.84. The molecule has 1 N–H and O–H groups in total. The molecule has 1 nitrogen and oxygen atoms in total. The molecule has 0 fully saturated rings. The maximum atomic E-state index is 3.32. The van der Waals surface area contributed by atoms with Gasteiger partial charge in [-0.3, -0.25) is 0 Å². The van der Waals surface area contributed by atoms with Gasteiger partial charge in [0.15, 0.2) is 0 Å². The number of allylic oxidation sites excluding steroid dienone is 1. The van der Waals surface area contributed by atoms with Crippen molar-refractivity contribution in [3.8, 4) is 0 Å². The van der Waals surface area contributed by atoms with Crippen LogP contribution in [0.1, 0.15) is 46.5 Å². The van der Waals surface area contributed by atoms with Gasteiger partial charge in [-0.2, -0.15) is 0 Å². The molecule has 0 aliphatic heterocycles. The Morgan fingerprint density at radius 3 is 2.67 bits per heavy atom. The summed E-state index contributed by atoms with van der Waals surface area (Å²) in [6.07, 6.45) is 7.46. The lowest BCUT2D eigenvalue weighted by molar-refractivity contribution is 0.719. The molecule has 0 aliphatic rings. The molecule has 0 heterocycles. The predicted octanol–water partition coefficient (Wildman–Crippen LogP) is 3.12. The van der Waals surface area contributed by atoms with E-state index in [4.69, 9.17) is 0 Å². The van der Waals surface area contributed by atoms with Crippen LogP contribution in [0.2, 0.25) is 0 Å². The molecule has 0 saturated carbocycles. The van der Waals surface area contributed by atoms with Crippen LogP contribution in [0.5, 0.6) is 0 Å². The van der Waals surface area contributed by atoms with Crippen LogP contribution in [0.4, 0.5) is 0 Å². The van der Waals surface area contributed by atoms with E-state index >= 15 is 0 Å². The molecule has 0 unspecified atom stereocenters. The third-order valence-corrected chi connectivity index (χ3v) is 1.99. The molecule has 0 aromatic heterocycles. The first kappa shape index (κ1) is 11.7. The molecule has 0 aromatic rings. The van der Waals surface area contributed by atoms with Crippen molar-refractivity contribution in [2.45, 2.75) is 46.5 Å². The minimum Gasteiger partial charge on any atom is -0.317 e. The molecule has 0 atom stereocenters. The third kappa shape index (κ3) is 7.80. The molecule has 72 valence electrons. The van der Waals surface area contributed by atoms with Crippen LogP contribution in [0, 0.1) is 0 Å². The molecule has 1 heteroatoms. The Kier molecular flexibility index (Phi) is 8.57. The molecule has 0 spiro atoms. The number of hydrogen-bond donors (Lipinski definition) is 1. The lowest BCUT2D eigenvalue weighted by Crippen LogP contribution is -2.13. The summed E-state index contributed by atoms with van der Waals surface area (Å²) < 4.78 is 0. The minimum absolute atomic E-state index is 1.09. The highest BCUT2D eigenvalue weighted by atomic mass is 14.8. The summed E-state index contributed by atoms with van der Waals surface area (Å²) in [4.78, 5) is 0. The first-order valence-electron chi connectivity index (χ1n) is 5.17. The van der Waals surface area contributed by atoms with Crippen molar-refractivity contribution < 1.29 is 0 Å². The average Bonchev–Trinajstić information content (AvgIpc) is 2.09. The number of hydrogen-bond acceptors (Lipinski definition) is 1. The van der Waals surface area contributed by atoms with Crippen molar-refractivity contribution in [3.05, 3.63) is 11.6 Å². The Morgan fingerprint density at radius 2 is 2.08 bits per heavy atom. The highest BCUT2D eigenvalue weighted by Crippen LogP contribution is 2.06. The molecular formula is C11H23N. The normalized spacial score (nSPS) is 12.1. The molecule has 0 rings (SSSR count). The van der Waals surface area contributed by atoms with E-state index in [-0.39, 0.29) is 0 Å². The zero-order valence-electron chi connectivity index (χ0n) is 8.82. The lowest BCUT2D eigenvalue weighted by Gasteiger charge is -2.00. The first-order chi connectivity index (χ1) is 5.81. The zero-order chi connectivity index (χ0) is 9.23. The second-order valence-corrected chi connectivity index (χ2v) is 3.30. The Balaban J connectivity index is 3.28. The monoisotopic (exact) mass is 169 g/mol. The van der Waals surface area contributed by atoms with Crippen LogP contribution in [0.25, 0.3) is 0 Å². The summed E-state index contributed by atoms with van der Waals surface area (Å²) in [6, 6.07) is 0. The fourth-order valence-corrected chi connectivity index (χ4v) is 1.16. The van der Waals surface area contributed by atoms with Crippen molar-refractivity contribution in [2.24, 2.45) is 0 Å². The number of unbranched alkanes of at least 4 members (excludes halogenated alkanes) is 1. The maximum Gasteiger partial charge on any atom is -0.00143 e. The molecule has 0 aromatic carbocycles. The highest BCUT2D eigenvalue weighted by molar-refractivity contribution is 4.97. The van der Waals surface area contributed by atoms with Gasteiger partial charge < -0.3 is 5.32 Å². The summed E-state index contributed by atoms with van der Waals surface area (Å²) in [5.74, 6) is 0. The molecule has 0 saturated heterocycles. The third-order valence-electron chi connectivity index (χ3n) is 1.99. The molecule has 0 amide bonds. The van der Waals surface area contributed by atoms with Gasteiger partial charge in [0.05, 0.1) is 0 Å². The number of nitrogens with one attached hydrogen (secondary N) is 1. The van der Waals surface area contributed by atoms with Crippen molar-refractivity contribution in [2.75, 3.05) is 13.1 Å². The number of rotatable bonds is 7. The van der Waals surface area contributed by atoms with Crippen LogP contribution in [-0.2, 0) is 0 Å². The fourth-order valence-electron chi connectivity index (χ4n) is 1.16. The predicted molar refractivity (Wildman–Crippen MR) is 56.4 cm³/mol. The van der Waals surface area contributed by atoms with Gasteiger partial charge in [0.2, 0.25) is 0 Å². The zero-order valence-corrected chi connectivity index (χ0v) is 8.82. The summed E-state index contributed by atoms with van der Waals surface area (Å²) >= 11 is 0. The van der Waals surface area contributed by atoms with Gasteiger partial charge in [-0.05, 0) is 39.3 Å². The Hall–Kier alpha value is -0.300. The van der Waals surface area contributed by atoms with Gasteiger partial charge in [0.25, 0.3) is 0 Å². The summed E-state index contributed by atoms with van der Waals surface area (Å²) in [5.41, 5.74) is 1.55. The van der Waals surface area contributed by atoms with Crippen LogP contribution >= 0.6 is 0 Å². The first-order valence-corrected chi connectivity index (χ1v) is 5.17. The fraction of sp³-hybridized carbons (Fsp3) is 0.818. The quantitative estimate of drug-likeness (QED) is 0.456. The summed E-state index contributed by atoms with van der Waals surface area (Å²) in [7, 11) is 0. The lowest BCUT2D eigenvalue weighted by atomic mass is 10.1. The molecular weight excluding hydrogens is 146 g/mol. The Labute approximate surface area is 77.2 Å². The average molecular weight is 169 g/mol. The van der Waals surface area contributed by atoms with Crippen molar-refractivity contribution in [3.63, 3.8) is 0 Å². The van der Waals surface area contributed by atoms with E-state index in [0.717, 1.165) is 13.1 Å². The Morgan fingerprint density at radius 1 is 1.33 bits per heavy atom. The van der Waals surface area contributed by atoms with E-state index in [1.54, 1.807) is 5.57 Å². The topological polar surface area (TPSA) is 12.0 Å². The van der Waals surface area contributed by atoms with E-state index in [1.165, 1.54) is 25.7 Å². The van der Waals surface area contributed by atoms with Crippen LogP contribution in [-0.4, -0.2) is 13.1 Å². The van der Waals surface area contributed by atoms with Gasteiger partial charge in [-0.15, -0.1) is 0 Å². The van der Waals surface area contributed by atoms with Crippen molar-refractivity contribution in [1.29, 1.82) is 0 Å². The Bertz CT molecular complexity index is 116. The molecule has 12 heavy (non-hydrogen) atoms. The highest BCUT2D eigenvalue weighted by Gasteiger charge is 1.88. The van der Waals surface area contributed by atoms with Crippen LogP contribution < -0.4 is 5.32 Å². The van der Waals surface area contributed by atoms with Gasteiger partial charge in [0.1, 0.15) is 0 Å². The van der Waals surface area contributed by atoms with E-state index in [1.807, 2.05) is 0 Å². The minimum atomic E-state index is 1.09. The van der Waals surface area contributed by atoms with Crippen LogP contribution in [0.15, 0.2) is 11.6 Å². The maximum absolute atomic E-state index is 3.32. The van der Waals surface area contributed by atoms with E-state index in [0.29, 0.717) is 0 Å². The largest absolute Gasteiger partial charge is 0.317 e. The molecule has 0 radical (unpaired) electrons. The van der Waals surface area contributed by atoms with Gasteiger partial charge in [0, 0.05) is 0 Å². The van der Waals surface area contributed by atoms with Crippen molar-refractivity contribution >= 4 is 0 Å². The second-order valence-electron chi connectivity index (χ2n) is 3.30. The van der Waals surface area contributed by atoms with E-state index in [2.05, 4.69) is 32.2 Å².